The summed E-state index contributed by atoms with van der Waals surface area (Å²) in [5.41, 5.74) is 2.28. The van der Waals surface area contributed by atoms with E-state index in [4.69, 9.17) is 5.11 Å². The minimum Gasteiger partial charge on any atom is -0.478 e. The number of benzene rings is 1. The third kappa shape index (κ3) is 4.15. The Morgan fingerprint density at radius 3 is 2.70 bits per heavy atom. The first kappa shape index (κ1) is 14.7. The Hall–Kier alpha value is -1.72. The molecule has 0 aliphatic rings. The number of aromatic nitrogens is 1. The van der Waals surface area contributed by atoms with Crippen LogP contribution >= 0.6 is 15.9 Å². The SMILES string of the molecule is CN(Cc1cccc(Br)c1)Cc1ccc(C(=O)O)cn1. The zero-order valence-electron chi connectivity index (χ0n) is 11.1. The fourth-order valence-corrected chi connectivity index (χ4v) is 2.37. The molecule has 5 heteroatoms. The smallest absolute Gasteiger partial charge is 0.337 e. The number of hydrogen-bond donors (Lipinski definition) is 1. The van der Waals surface area contributed by atoms with Gasteiger partial charge < -0.3 is 5.11 Å². The van der Waals surface area contributed by atoms with Gasteiger partial charge in [0.25, 0.3) is 0 Å². The van der Waals surface area contributed by atoms with Gasteiger partial charge in [0.05, 0.1) is 11.3 Å². The molecule has 0 unspecified atom stereocenters. The van der Waals surface area contributed by atoms with Crippen molar-refractivity contribution in [3.05, 3.63) is 63.9 Å². The largest absolute Gasteiger partial charge is 0.478 e. The first-order valence-electron chi connectivity index (χ1n) is 6.16. The van der Waals surface area contributed by atoms with Gasteiger partial charge in [-0.15, -0.1) is 0 Å². The monoisotopic (exact) mass is 334 g/mol. The molecule has 0 spiro atoms. The van der Waals surface area contributed by atoms with Crippen molar-refractivity contribution in [2.24, 2.45) is 0 Å². The Labute approximate surface area is 126 Å². The van der Waals surface area contributed by atoms with Crippen molar-refractivity contribution >= 4 is 21.9 Å². The molecule has 0 radical (unpaired) electrons. The quantitative estimate of drug-likeness (QED) is 0.912. The van der Waals surface area contributed by atoms with Crippen LogP contribution in [-0.4, -0.2) is 28.0 Å². The predicted octanol–water partition coefficient (Wildman–Crippen LogP) is 3.17. The van der Waals surface area contributed by atoms with E-state index >= 15 is 0 Å². The lowest BCUT2D eigenvalue weighted by molar-refractivity contribution is 0.0696. The van der Waals surface area contributed by atoms with Crippen LogP contribution in [0.5, 0.6) is 0 Å². The Morgan fingerprint density at radius 1 is 1.30 bits per heavy atom. The van der Waals surface area contributed by atoms with Crippen LogP contribution in [0.15, 0.2) is 47.1 Å². The van der Waals surface area contributed by atoms with E-state index < -0.39 is 5.97 Å². The number of aromatic carboxylic acids is 1. The molecule has 1 N–H and O–H groups in total. The van der Waals surface area contributed by atoms with Crippen LogP contribution in [-0.2, 0) is 13.1 Å². The zero-order chi connectivity index (χ0) is 14.5. The lowest BCUT2D eigenvalue weighted by Crippen LogP contribution is -2.18. The zero-order valence-corrected chi connectivity index (χ0v) is 12.7. The minimum atomic E-state index is -0.952. The third-order valence-electron chi connectivity index (χ3n) is 2.85. The maximum absolute atomic E-state index is 10.8. The summed E-state index contributed by atoms with van der Waals surface area (Å²) < 4.78 is 1.06. The molecular formula is C15H15BrN2O2. The number of pyridine rings is 1. The van der Waals surface area contributed by atoms with E-state index in [0.29, 0.717) is 6.54 Å². The molecule has 0 atom stereocenters. The van der Waals surface area contributed by atoms with Crippen molar-refractivity contribution in [2.75, 3.05) is 7.05 Å². The molecule has 0 fully saturated rings. The third-order valence-corrected chi connectivity index (χ3v) is 3.34. The number of hydrogen-bond acceptors (Lipinski definition) is 3. The highest BCUT2D eigenvalue weighted by atomic mass is 79.9. The summed E-state index contributed by atoms with van der Waals surface area (Å²) in [5, 5.41) is 8.82. The van der Waals surface area contributed by atoms with Crippen molar-refractivity contribution in [3.8, 4) is 0 Å². The maximum atomic E-state index is 10.8. The van der Waals surface area contributed by atoms with Gasteiger partial charge in [-0.2, -0.15) is 0 Å². The van der Waals surface area contributed by atoms with Crippen LogP contribution < -0.4 is 0 Å². The van der Waals surface area contributed by atoms with Crippen molar-refractivity contribution < 1.29 is 9.90 Å². The molecule has 1 heterocycles. The van der Waals surface area contributed by atoms with Crippen molar-refractivity contribution in [1.82, 2.24) is 9.88 Å². The molecule has 0 bridgehead atoms. The lowest BCUT2D eigenvalue weighted by Gasteiger charge is -2.16. The first-order valence-corrected chi connectivity index (χ1v) is 6.95. The number of nitrogens with zero attached hydrogens (tertiary/aromatic N) is 2. The van der Waals surface area contributed by atoms with Crippen LogP contribution in [0.1, 0.15) is 21.6 Å². The van der Waals surface area contributed by atoms with Crippen molar-refractivity contribution in [1.29, 1.82) is 0 Å². The molecule has 4 nitrogen and oxygen atoms in total. The van der Waals surface area contributed by atoms with E-state index in [-0.39, 0.29) is 5.56 Å². The second-order valence-corrected chi connectivity index (χ2v) is 5.56. The number of carboxylic acids is 1. The van der Waals surface area contributed by atoms with E-state index in [1.807, 2.05) is 19.2 Å². The van der Waals surface area contributed by atoms with E-state index in [1.54, 1.807) is 12.1 Å². The van der Waals surface area contributed by atoms with Gasteiger partial charge >= 0.3 is 5.97 Å². The van der Waals surface area contributed by atoms with Crippen LogP contribution in [0, 0.1) is 0 Å². The normalized spacial score (nSPS) is 10.8. The van der Waals surface area contributed by atoms with Crippen LogP contribution in [0.25, 0.3) is 0 Å². The fourth-order valence-electron chi connectivity index (χ4n) is 1.92. The highest BCUT2D eigenvalue weighted by Crippen LogP contribution is 2.14. The van der Waals surface area contributed by atoms with E-state index in [2.05, 4.69) is 37.9 Å². The second kappa shape index (κ2) is 6.63. The summed E-state index contributed by atoms with van der Waals surface area (Å²) in [6, 6.07) is 11.5. The van der Waals surface area contributed by atoms with Gasteiger partial charge in [-0.3, -0.25) is 9.88 Å². The Kier molecular flexibility index (Phi) is 4.87. The molecule has 0 aliphatic heterocycles. The molecule has 2 aromatic rings. The van der Waals surface area contributed by atoms with Gasteiger partial charge in [0.15, 0.2) is 0 Å². The molecular weight excluding hydrogens is 320 g/mol. The molecule has 2 rings (SSSR count). The number of carboxylic acid groups (broad SMARTS) is 1. The summed E-state index contributed by atoms with van der Waals surface area (Å²) in [7, 11) is 2.01. The average molecular weight is 335 g/mol. The van der Waals surface area contributed by atoms with Crippen molar-refractivity contribution in [3.63, 3.8) is 0 Å². The van der Waals surface area contributed by atoms with Gasteiger partial charge in [0.2, 0.25) is 0 Å². The van der Waals surface area contributed by atoms with Crippen LogP contribution in [0.2, 0.25) is 0 Å². The molecule has 0 saturated heterocycles. The molecule has 0 saturated carbocycles. The van der Waals surface area contributed by atoms with Crippen molar-refractivity contribution in [2.45, 2.75) is 13.1 Å². The van der Waals surface area contributed by atoms with Gasteiger partial charge in [-0.05, 0) is 36.9 Å². The molecule has 1 aromatic carbocycles. The highest BCUT2D eigenvalue weighted by molar-refractivity contribution is 9.10. The summed E-state index contributed by atoms with van der Waals surface area (Å²) in [5.74, 6) is -0.952. The number of rotatable bonds is 5. The minimum absolute atomic E-state index is 0.211. The number of carbonyl (C=O) groups is 1. The Morgan fingerprint density at radius 2 is 2.10 bits per heavy atom. The molecule has 20 heavy (non-hydrogen) atoms. The predicted molar refractivity (Wildman–Crippen MR) is 80.5 cm³/mol. The summed E-state index contributed by atoms with van der Waals surface area (Å²) in [6.07, 6.45) is 1.39. The Balaban J connectivity index is 1.97. The number of halogens is 1. The molecule has 0 amide bonds. The standard InChI is InChI=1S/C15H15BrN2O2/c1-18(9-11-3-2-4-13(16)7-11)10-14-6-5-12(8-17-14)15(19)20/h2-8H,9-10H2,1H3,(H,19,20). The molecule has 1 aromatic heterocycles. The fraction of sp³-hybridized carbons (Fsp3) is 0.200. The summed E-state index contributed by atoms with van der Waals surface area (Å²) in [4.78, 5) is 17.0. The van der Waals surface area contributed by atoms with E-state index in [1.165, 1.54) is 11.8 Å². The van der Waals surface area contributed by atoms with Gasteiger partial charge in [0, 0.05) is 23.8 Å². The van der Waals surface area contributed by atoms with E-state index in [9.17, 15) is 4.79 Å². The average Bonchev–Trinajstić information content (AvgIpc) is 2.39. The highest BCUT2D eigenvalue weighted by Gasteiger charge is 2.06. The summed E-state index contributed by atoms with van der Waals surface area (Å²) >= 11 is 3.45. The maximum Gasteiger partial charge on any atom is 0.337 e. The van der Waals surface area contributed by atoms with E-state index in [0.717, 1.165) is 16.7 Å². The van der Waals surface area contributed by atoms with Crippen LogP contribution in [0.3, 0.4) is 0 Å². The first-order chi connectivity index (χ1) is 9.54. The second-order valence-electron chi connectivity index (χ2n) is 4.65. The molecule has 104 valence electrons. The lowest BCUT2D eigenvalue weighted by atomic mass is 10.2. The topological polar surface area (TPSA) is 53.4 Å². The summed E-state index contributed by atoms with van der Waals surface area (Å²) in [6.45, 7) is 1.48. The van der Waals surface area contributed by atoms with Gasteiger partial charge in [-0.1, -0.05) is 28.1 Å². The van der Waals surface area contributed by atoms with Crippen LogP contribution in [0.4, 0.5) is 0 Å². The van der Waals surface area contributed by atoms with Gasteiger partial charge in [-0.25, -0.2) is 4.79 Å². The molecule has 0 aliphatic carbocycles. The van der Waals surface area contributed by atoms with Gasteiger partial charge in [0.1, 0.15) is 0 Å². The Bertz CT molecular complexity index is 599.